The monoisotopic (exact) mass is 390 g/mol. The van der Waals surface area contributed by atoms with Crippen molar-refractivity contribution < 1.29 is 19.1 Å². The molecule has 8 heteroatoms. The summed E-state index contributed by atoms with van der Waals surface area (Å²) >= 11 is 0. The Morgan fingerprint density at radius 2 is 1.76 bits per heavy atom. The second-order valence-electron chi connectivity index (χ2n) is 6.36. The summed E-state index contributed by atoms with van der Waals surface area (Å²) in [5.74, 6) is 1.36. The number of hydrogen-bond acceptors (Lipinski definition) is 7. The Hall–Kier alpha value is -3.94. The maximum Gasteiger partial charge on any atom is 0.275 e. The number of Topliss-reactive ketones (excluding diaryl/α,β-unsaturated/α-hetero) is 1. The lowest BCUT2D eigenvalue weighted by atomic mass is 10.1. The van der Waals surface area contributed by atoms with Gasteiger partial charge in [-0.05, 0) is 31.2 Å². The van der Waals surface area contributed by atoms with Crippen molar-refractivity contribution in [2.75, 3.05) is 23.8 Å². The highest BCUT2D eigenvalue weighted by atomic mass is 16.6. The maximum atomic E-state index is 12.4. The summed E-state index contributed by atoms with van der Waals surface area (Å²) in [5.41, 5.74) is 1.96. The van der Waals surface area contributed by atoms with E-state index >= 15 is 0 Å². The van der Waals surface area contributed by atoms with Gasteiger partial charge in [-0.2, -0.15) is 0 Å². The molecule has 146 valence electrons. The first-order valence-corrected chi connectivity index (χ1v) is 8.99. The minimum Gasteiger partial charge on any atom is -0.486 e. The van der Waals surface area contributed by atoms with Crippen LogP contribution in [-0.4, -0.2) is 34.9 Å². The number of carbonyl (C=O) groups excluding carboxylic acids is 2. The zero-order valence-electron chi connectivity index (χ0n) is 15.6. The third-order valence-electron chi connectivity index (χ3n) is 4.23. The van der Waals surface area contributed by atoms with Gasteiger partial charge in [0.25, 0.3) is 5.91 Å². The number of ketones is 1. The van der Waals surface area contributed by atoms with E-state index in [4.69, 9.17) is 9.47 Å². The Morgan fingerprint density at radius 1 is 0.931 bits per heavy atom. The molecule has 1 amide bonds. The van der Waals surface area contributed by atoms with E-state index in [1.54, 1.807) is 24.3 Å². The van der Waals surface area contributed by atoms with Crippen LogP contribution in [0, 0.1) is 0 Å². The van der Waals surface area contributed by atoms with Crippen LogP contribution in [-0.2, 0) is 0 Å². The van der Waals surface area contributed by atoms with Crippen molar-refractivity contribution in [3.63, 3.8) is 0 Å². The van der Waals surface area contributed by atoms with Crippen molar-refractivity contribution in [1.82, 2.24) is 9.97 Å². The van der Waals surface area contributed by atoms with Crippen LogP contribution in [0.1, 0.15) is 27.8 Å². The number of ether oxygens (including phenoxy) is 2. The van der Waals surface area contributed by atoms with E-state index in [9.17, 15) is 9.59 Å². The molecule has 0 aliphatic carbocycles. The number of hydrogen-bond donors (Lipinski definition) is 2. The second-order valence-corrected chi connectivity index (χ2v) is 6.36. The summed E-state index contributed by atoms with van der Waals surface area (Å²) < 4.78 is 11.1. The van der Waals surface area contributed by atoms with Crippen LogP contribution in [0.4, 0.5) is 17.2 Å². The van der Waals surface area contributed by atoms with Crippen LogP contribution < -0.4 is 20.1 Å². The topological polar surface area (TPSA) is 102 Å². The third kappa shape index (κ3) is 4.32. The molecule has 3 aromatic rings. The Balaban J connectivity index is 1.43. The van der Waals surface area contributed by atoms with Gasteiger partial charge in [-0.1, -0.05) is 12.1 Å². The number of carbonyl (C=O) groups is 2. The third-order valence-corrected chi connectivity index (χ3v) is 4.23. The van der Waals surface area contributed by atoms with E-state index in [1.165, 1.54) is 19.3 Å². The Morgan fingerprint density at radius 3 is 2.52 bits per heavy atom. The van der Waals surface area contributed by atoms with Crippen LogP contribution in [0.25, 0.3) is 0 Å². The molecule has 1 aliphatic heterocycles. The summed E-state index contributed by atoms with van der Waals surface area (Å²) in [7, 11) is 0. The molecule has 0 atom stereocenters. The van der Waals surface area contributed by atoms with Gasteiger partial charge in [-0.15, -0.1) is 0 Å². The number of fused-ring (bicyclic) bond motifs is 1. The number of anilines is 3. The van der Waals surface area contributed by atoms with Crippen LogP contribution in [0.5, 0.6) is 11.5 Å². The predicted octanol–water partition coefficient (Wildman–Crippen LogP) is 3.45. The second kappa shape index (κ2) is 7.97. The number of nitrogens with zero attached hydrogens (tertiary/aromatic N) is 2. The van der Waals surface area contributed by atoms with Gasteiger partial charge in [0.2, 0.25) is 0 Å². The lowest BCUT2D eigenvalue weighted by Gasteiger charge is -2.19. The number of aromatic nitrogens is 2. The molecule has 8 nitrogen and oxygen atoms in total. The Bertz CT molecular complexity index is 1070. The summed E-state index contributed by atoms with van der Waals surface area (Å²) in [4.78, 5) is 32.2. The van der Waals surface area contributed by atoms with Gasteiger partial charge in [-0.25, -0.2) is 9.97 Å². The SMILES string of the molecule is CC(=O)c1cccc(NC(=O)c2cnc(Nc3ccc4c(c3)OCCO4)cn2)c1. The molecular formula is C21H18N4O4. The van der Waals surface area contributed by atoms with Gasteiger partial charge >= 0.3 is 0 Å². The van der Waals surface area contributed by atoms with Crippen molar-refractivity contribution in [3.05, 3.63) is 66.1 Å². The van der Waals surface area contributed by atoms with Crippen molar-refractivity contribution in [1.29, 1.82) is 0 Å². The molecule has 4 rings (SSSR count). The molecule has 1 aliphatic rings. The molecule has 2 aromatic carbocycles. The van der Waals surface area contributed by atoms with E-state index in [0.717, 1.165) is 5.69 Å². The van der Waals surface area contributed by atoms with E-state index < -0.39 is 5.91 Å². The van der Waals surface area contributed by atoms with Gasteiger partial charge in [-0.3, -0.25) is 9.59 Å². The zero-order valence-corrected chi connectivity index (χ0v) is 15.6. The smallest absolute Gasteiger partial charge is 0.275 e. The number of nitrogens with one attached hydrogen (secondary N) is 2. The van der Waals surface area contributed by atoms with Crippen LogP contribution in [0.15, 0.2) is 54.9 Å². The number of amides is 1. The first kappa shape index (κ1) is 18.4. The molecule has 0 radical (unpaired) electrons. The lowest BCUT2D eigenvalue weighted by Crippen LogP contribution is -2.15. The Labute approximate surface area is 166 Å². The van der Waals surface area contributed by atoms with Crippen LogP contribution in [0.2, 0.25) is 0 Å². The first-order valence-electron chi connectivity index (χ1n) is 8.99. The fourth-order valence-corrected chi connectivity index (χ4v) is 2.79. The molecule has 2 N–H and O–H groups in total. The minimum atomic E-state index is -0.413. The van der Waals surface area contributed by atoms with E-state index in [2.05, 4.69) is 20.6 Å². The molecule has 0 saturated heterocycles. The molecule has 0 unspecified atom stereocenters. The van der Waals surface area contributed by atoms with Crippen molar-refractivity contribution >= 4 is 28.9 Å². The van der Waals surface area contributed by atoms with Crippen LogP contribution >= 0.6 is 0 Å². The van der Waals surface area contributed by atoms with Gasteiger partial charge < -0.3 is 20.1 Å². The predicted molar refractivity (Wildman–Crippen MR) is 107 cm³/mol. The Kier molecular flexibility index (Phi) is 5.07. The molecule has 1 aromatic heterocycles. The highest BCUT2D eigenvalue weighted by molar-refractivity contribution is 6.03. The van der Waals surface area contributed by atoms with Gasteiger partial charge in [0, 0.05) is 23.0 Å². The largest absolute Gasteiger partial charge is 0.486 e. The number of rotatable bonds is 5. The quantitative estimate of drug-likeness (QED) is 0.643. The molecule has 0 saturated carbocycles. The first-order chi connectivity index (χ1) is 14.1. The van der Waals surface area contributed by atoms with Crippen LogP contribution in [0.3, 0.4) is 0 Å². The fourth-order valence-electron chi connectivity index (χ4n) is 2.79. The summed E-state index contributed by atoms with van der Waals surface area (Å²) in [6.07, 6.45) is 2.85. The fraction of sp³-hybridized carbons (Fsp3) is 0.143. The van der Waals surface area contributed by atoms with Gasteiger partial charge in [0.05, 0.1) is 12.4 Å². The van der Waals surface area contributed by atoms with Crippen molar-refractivity contribution in [3.8, 4) is 11.5 Å². The molecular weight excluding hydrogens is 372 g/mol. The van der Waals surface area contributed by atoms with Gasteiger partial charge in [0.15, 0.2) is 17.3 Å². The highest BCUT2D eigenvalue weighted by Gasteiger charge is 2.13. The minimum absolute atomic E-state index is 0.0736. The molecule has 2 heterocycles. The van der Waals surface area contributed by atoms with E-state index in [0.29, 0.717) is 41.8 Å². The number of benzene rings is 2. The summed E-state index contributed by atoms with van der Waals surface area (Å²) in [6, 6.07) is 12.2. The molecule has 0 fully saturated rings. The average Bonchev–Trinajstić information content (AvgIpc) is 2.74. The normalized spacial score (nSPS) is 12.2. The maximum absolute atomic E-state index is 12.4. The summed E-state index contributed by atoms with van der Waals surface area (Å²) in [6.45, 7) is 2.52. The van der Waals surface area contributed by atoms with E-state index in [-0.39, 0.29) is 11.5 Å². The van der Waals surface area contributed by atoms with E-state index in [1.807, 2.05) is 18.2 Å². The van der Waals surface area contributed by atoms with Gasteiger partial charge in [0.1, 0.15) is 24.7 Å². The van der Waals surface area contributed by atoms with Crippen molar-refractivity contribution in [2.45, 2.75) is 6.92 Å². The average molecular weight is 390 g/mol. The molecule has 29 heavy (non-hydrogen) atoms. The lowest BCUT2D eigenvalue weighted by molar-refractivity contribution is 0.100. The zero-order chi connectivity index (χ0) is 20.2. The van der Waals surface area contributed by atoms with Crippen molar-refractivity contribution in [2.24, 2.45) is 0 Å². The standard InChI is InChI=1S/C21H18N4O4/c1-13(26)14-3-2-4-15(9-14)25-21(27)17-11-23-20(12-22-17)24-16-5-6-18-19(10-16)29-8-7-28-18/h2-6,9-12H,7-8H2,1H3,(H,23,24)(H,25,27). The highest BCUT2D eigenvalue weighted by Crippen LogP contribution is 2.33. The molecule has 0 bridgehead atoms. The summed E-state index contributed by atoms with van der Waals surface area (Å²) in [5, 5.41) is 5.82. The molecule has 0 spiro atoms.